The molecule has 0 fully saturated rings. The zero-order valence-corrected chi connectivity index (χ0v) is 22.0. The van der Waals surface area contributed by atoms with Crippen LogP contribution in [0.15, 0.2) is 109 Å². The number of nitrogens with zero attached hydrogens (tertiary/aromatic N) is 2. The van der Waals surface area contributed by atoms with Gasteiger partial charge in [0.2, 0.25) is 0 Å². The van der Waals surface area contributed by atoms with Gasteiger partial charge in [0.05, 0.1) is 0 Å². The van der Waals surface area contributed by atoms with Gasteiger partial charge in [-0.3, -0.25) is 0 Å². The van der Waals surface area contributed by atoms with E-state index in [4.69, 9.17) is 0 Å². The molecule has 1 radical (unpaired) electrons. The summed E-state index contributed by atoms with van der Waals surface area (Å²) in [6, 6.07) is 39.5. The monoisotopic (exact) mass is 629 g/mol. The standard InChI is InChI=1S/C21H16N.C11H8N.Ir/c1-14-11-15(2)13-17(12-14)21-20-8-7-16-5-3-4-6-18(16)19(20)9-10-22-21;1-2-6-10(7-3-1)11-8-4-5-9-12-11;/h3-12H,1-2H3;1-6,8-9H;/q2*-1;. The Morgan fingerprint density at radius 2 is 1.46 bits per heavy atom. The Balaban J connectivity index is 0.000000189. The zero-order valence-electron chi connectivity index (χ0n) is 19.6. The van der Waals surface area contributed by atoms with E-state index in [2.05, 4.69) is 90.5 Å². The van der Waals surface area contributed by atoms with Crippen molar-refractivity contribution in [3.8, 4) is 22.5 Å². The average Bonchev–Trinajstić information content (AvgIpc) is 2.89. The fraction of sp³-hybridized carbons (Fsp3) is 0.0625. The van der Waals surface area contributed by atoms with Crippen molar-refractivity contribution in [2.75, 3.05) is 0 Å². The summed E-state index contributed by atoms with van der Waals surface area (Å²) in [5.74, 6) is 0. The van der Waals surface area contributed by atoms with E-state index in [1.54, 1.807) is 6.20 Å². The van der Waals surface area contributed by atoms with Crippen molar-refractivity contribution in [1.82, 2.24) is 9.97 Å². The van der Waals surface area contributed by atoms with Gasteiger partial charge < -0.3 is 9.97 Å². The molecule has 0 aliphatic heterocycles. The molecule has 0 amide bonds. The summed E-state index contributed by atoms with van der Waals surface area (Å²) in [6.07, 6.45) is 3.69. The SMILES string of the molecule is Cc1[c-]c(-c2nccc3c2ccc2ccccc23)cc(C)c1.[Ir].[c-]1ccccc1-c1ccccn1. The Kier molecular flexibility index (Phi) is 7.82. The Labute approximate surface area is 220 Å². The first kappa shape index (κ1) is 24.5. The molecule has 0 bridgehead atoms. The van der Waals surface area contributed by atoms with Crippen molar-refractivity contribution < 1.29 is 20.1 Å². The van der Waals surface area contributed by atoms with Crippen molar-refractivity contribution in [2.24, 2.45) is 0 Å². The second-order valence-electron chi connectivity index (χ2n) is 8.29. The van der Waals surface area contributed by atoms with Crippen molar-refractivity contribution in [2.45, 2.75) is 13.8 Å². The molecule has 0 unspecified atom stereocenters. The molecule has 0 N–H and O–H groups in total. The number of rotatable bonds is 2. The minimum Gasteiger partial charge on any atom is -0.305 e. The van der Waals surface area contributed by atoms with E-state index >= 15 is 0 Å². The molecule has 173 valence electrons. The van der Waals surface area contributed by atoms with Crippen molar-refractivity contribution in [3.63, 3.8) is 0 Å². The molecule has 2 nitrogen and oxygen atoms in total. The average molecular weight is 629 g/mol. The van der Waals surface area contributed by atoms with E-state index in [0.717, 1.165) is 28.1 Å². The van der Waals surface area contributed by atoms with Gasteiger partial charge in [-0.15, -0.1) is 70.8 Å². The number of pyridine rings is 2. The molecular formula is C32H24IrN2-2. The first-order valence-corrected chi connectivity index (χ1v) is 11.3. The van der Waals surface area contributed by atoms with Crippen LogP contribution in [-0.4, -0.2) is 9.97 Å². The van der Waals surface area contributed by atoms with Gasteiger partial charge in [-0.1, -0.05) is 62.4 Å². The second kappa shape index (κ2) is 11.2. The molecule has 6 aromatic rings. The minimum atomic E-state index is 0. The summed E-state index contributed by atoms with van der Waals surface area (Å²) >= 11 is 0. The third-order valence-corrected chi connectivity index (χ3v) is 5.72. The van der Waals surface area contributed by atoms with Gasteiger partial charge >= 0.3 is 0 Å². The summed E-state index contributed by atoms with van der Waals surface area (Å²) in [4.78, 5) is 8.85. The van der Waals surface area contributed by atoms with E-state index in [0.29, 0.717) is 0 Å². The predicted octanol–water partition coefficient (Wildman–Crippen LogP) is 8.02. The number of hydrogen-bond donors (Lipinski definition) is 0. The molecule has 2 heterocycles. The largest absolute Gasteiger partial charge is 0.305 e. The van der Waals surface area contributed by atoms with Crippen LogP contribution in [0.2, 0.25) is 0 Å². The maximum Gasteiger partial charge on any atom is 0.0167 e. The van der Waals surface area contributed by atoms with Gasteiger partial charge in [-0.25, -0.2) is 0 Å². The maximum absolute atomic E-state index is 4.63. The third kappa shape index (κ3) is 5.54. The van der Waals surface area contributed by atoms with Crippen LogP contribution in [0, 0.1) is 26.0 Å². The Bertz CT molecular complexity index is 1500. The van der Waals surface area contributed by atoms with Crippen molar-refractivity contribution >= 4 is 21.5 Å². The van der Waals surface area contributed by atoms with Gasteiger partial charge in [0, 0.05) is 32.5 Å². The Morgan fingerprint density at radius 3 is 2.23 bits per heavy atom. The number of hydrogen-bond acceptors (Lipinski definition) is 2. The summed E-state index contributed by atoms with van der Waals surface area (Å²) in [5.41, 5.74) is 6.48. The summed E-state index contributed by atoms with van der Waals surface area (Å²) in [6.45, 7) is 4.20. The van der Waals surface area contributed by atoms with Crippen molar-refractivity contribution in [1.29, 1.82) is 0 Å². The molecule has 0 saturated heterocycles. The van der Waals surface area contributed by atoms with E-state index in [1.165, 1.54) is 27.1 Å². The molecule has 0 aliphatic rings. The topological polar surface area (TPSA) is 25.8 Å². The summed E-state index contributed by atoms with van der Waals surface area (Å²) in [5, 5.41) is 4.96. The summed E-state index contributed by atoms with van der Waals surface area (Å²) < 4.78 is 0. The van der Waals surface area contributed by atoms with Crippen LogP contribution in [0.1, 0.15) is 11.1 Å². The Morgan fingerprint density at radius 1 is 0.629 bits per heavy atom. The molecule has 0 aliphatic carbocycles. The first-order valence-electron chi connectivity index (χ1n) is 11.3. The fourth-order valence-electron chi connectivity index (χ4n) is 4.25. The van der Waals surface area contributed by atoms with Crippen LogP contribution in [0.4, 0.5) is 0 Å². The second-order valence-corrected chi connectivity index (χ2v) is 8.29. The molecule has 0 saturated carbocycles. The van der Waals surface area contributed by atoms with Crippen LogP contribution in [0.25, 0.3) is 44.1 Å². The van der Waals surface area contributed by atoms with Crippen LogP contribution in [-0.2, 0) is 20.1 Å². The van der Waals surface area contributed by atoms with Gasteiger partial charge in [-0.2, -0.15) is 0 Å². The molecule has 35 heavy (non-hydrogen) atoms. The number of fused-ring (bicyclic) bond motifs is 3. The van der Waals surface area contributed by atoms with Crippen LogP contribution in [0.3, 0.4) is 0 Å². The molecule has 4 aromatic carbocycles. The fourth-order valence-corrected chi connectivity index (χ4v) is 4.25. The molecule has 2 aromatic heterocycles. The summed E-state index contributed by atoms with van der Waals surface area (Å²) in [7, 11) is 0. The van der Waals surface area contributed by atoms with Gasteiger partial charge in [0.1, 0.15) is 0 Å². The molecule has 3 heteroatoms. The van der Waals surface area contributed by atoms with Crippen LogP contribution >= 0.6 is 0 Å². The van der Waals surface area contributed by atoms with Crippen LogP contribution in [0.5, 0.6) is 0 Å². The maximum atomic E-state index is 4.63. The minimum absolute atomic E-state index is 0. The van der Waals surface area contributed by atoms with Crippen LogP contribution < -0.4 is 0 Å². The quantitative estimate of drug-likeness (QED) is 0.143. The number of aromatic nitrogens is 2. The molecular weight excluding hydrogens is 605 g/mol. The normalized spacial score (nSPS) is 10.3. The van der Waals surface area contributed by atoms with E-state index in [1.807, 2.05) is 48.7 Å². The van der Waals surface area contributed by atoms with E-state index < -0.39 is 0 Å². The Hall–Kier alpha value is -3.65. The molecule has 0 spiro atoms. The predicted molar refractivity (Wildman–Crippen MR) is 142 cm³/mol. The third-order valence-electron chi connectivity index (χ3n) is 5.72. The first-order chi connectivity index (χ1) is 16.7. The number of aryl methyl sites for hydroxylation is 2. The van der Waals surface area contributed by atoms with E-state index in [-0.39, 0.29) is 20.1 Å². The van der Waals surface area contributed by atoms with Gasteiger partial charge in [-0.05, 0) is 45.1 Å². The van der Waals surface area contributed by atoms with Gasteiger partial charge in [0.15, 0.2) is 0 Å². The smallest absolute Gasteiger partial charge is 0.0167 e. The zero-order chi connectivity index (χ0) is 23.3. The number of benzene rings is 4. The van der Waals surface area contributed by atoms with E-state index in [9.17, 15) is 0 Å². The van der Waals surface area contributed by atoms with Gasteiger partial charge in [0.25, 0.3) is 0 Å². The van der Waals surface area contributed by atoms with Crippen molar-refractivity contribution in [3.05, 3.63) is 133 Å². The molecule has 0 atom stereocenters. The molecule has 6 rings (SSSR count).